The van der Waals surface area contributed by atoms with Crippen molar-refractivity contribution in [2.45, 2.75) is 0 Å². The first-order chi connectivity index (χ1) is 8.25. The van der Waals surface area contributed by atoms with Gasteiger partial charge in [0, 0.05) is 18.7 Å². The molecule has 0 unspecified atom stereocenters. The smallest absolute Gasteiger partial charge is 0.170 e. The zero-order valence-corrected chi connectivity index (χ0v) is 9.51. The van der Waals surface area contributed by atoms with Crippen LogP contribution in [0.1, 0.15) is 0 Å². The van der Waals surface area contributed by atoms with Gasteiger partial charge in [-0.15, -0.1) is 0 Å². The molecule has 1 aliphatic heterocycles. The van der Waals surface area contributed by atoms with Crippen LogP contribution >= 0.6 is 0 Å². The molecule has 88 valence electrons. The third-order valence-corrected chi connectivity index (χ3v) is 2.76. The van der Waals surface area contributed by atoms with Crippen molar-refractivity contribution in [3.8, 4) is 22.8 Å². The van der Waals surface area contributed by atoms with Gasteiger partial charge in [-0.25, -0.2) is 0 Å². The van der Waals surface area contributed by atoms with Crippen molar-refractivity contribution in [2.75, 3.05) is 18.9 Å². The highest BCUT2D eigenvalue weighted by Gasteiger charge is 2.18. The normalized spacial score (nSPS) is 13.7. The van der Waals surface area contributed by atoms with E-state index in [9.17, 15) is 0 Å². The summed E-state index contributed by atoms with van der Waals surface area (Å²) in [5.41, 5.74) is 7.49. The molecule has 2 N–H and O–H groups in total. The largest absolute Gasteiger partial charge is 0.486 e. The molecule has 0 spiro atoms. The van der Waals surface area contributed by atoms with Gasteiger partial charge in [0.1, 0.15) is 19.0 Å². The van der Waals surface area contributed by atoms with Crippen molar-refractivity contribution < 1.29 is 9.47 Å². The number of nitrogens with two attached hydrogens (primary N) is 1. The summed E-state index contributed by atoms with van der Waals surface area (Å²) in [5, 5.41) is 4.34. The van der Waals surface area contributed by atoms with Gasteiger partial charge in [0.15, 0.2) is 11.5 Å². The zero-order chi connectivity index (χ0) is 11.8. The fraction of sp³-hybridized carbons (Fsp3) is 0.250. The Morgan fingerprint density at radius 1 is 1.29 bits per heavy atom. The van der Waals surface area contributed by atoms with E-state index in [0.717, 1.165) is 22.8 Å². The van der Waals surface area contributed by atoms with Crippen molar-refractivity contribution in [2.24, 2.45) is 7.05 Å². The maximum absolute atomic E-state index is 5.78. The molecule has 5 nitrogen and oxygen atoms in total. The Bertz CT molecular complexity index is 543. The number of rotatable bonds is 1. The first-order valence-electron chi connectivity index (χ1n) is 5.44. The second-order valence-electron chi connectivity index (χ2n) is 3.91. The van der Waals surface area contributed by atoms with E-state index in [0.29, 0.717) is 19.0 Å². The number of hydrogen-bond donors (Lipinski definition) is 1. The molecule has 1 aromatic heterocycles. The molecule has 1 aliphatic rings. The van der Waals surface area contributed by atoms with Crippen LogP contribution in [0.4, 0.5) is 5.82 Å². The molecule has 2 aromatic rings. The second-order valence-corrected chi connectivity index (χ2v) is 3.91. The first-order valence-corrected chi connectivity index (χ1v) is 5.44. The van der Waals surface area contributed by atoms with E-state index in [1.807, 2.05) is 31.3 Å². The van der Waals surface area contributed by atoms with Crippen LogP contribution in [0.2, 0.25) is 0 Å². The summed E-state index contributed by atoms with van der Waals surface area (Å²) in [6, 6.07) is 7.60. The molecule has 0 saturated carbocycles. The quantitative estimate of drug-likeness (QED) is 0.806. The van der Waals surface area contributed by atoms with Gasteiger partial charge in [0.05, 0.1) is 5.69 Å². The second kappa shape index (κ2) is 3.69. The van der Waals surface area contributed by atoms with Gasteiger partial charge in [-0.1, -0.05) is 6.07 Å². The Kier molecular flexibility index (Phi) is 2.18. The lowest BCUT2D eigenvalue weighted by Gasteiger charge is -2.20. The topological polar surface area (TPSA) is 62.3 Å². The number of anilines is 1. The fourth-order valence-electron chi connectivity index (χ4n) is 1.89. The summed E-state index contributed by atoms with van der Waals surface area (Å²) >= 11 is 0. The minimum absolute atomic E-state index is 0.562. The van der Waals surface area contributed by atoms with E-state index in [2.05, 4.69) is 5.10 Å². The van der Waals surface area contributed by atoms with E-state index in [1.165, 1.54) is 0 Å². The van der Waals surface area contributed by atoms with Crippen LogP contribution in [-0.4, -0.2) is 23.0 Å². The third kappa shape index (κ3) is 1.60. The van der Waals surface area contributed by atoms with Gasteiger partial charge in [-0.3, -0.25) is 4.68 Å². The van der Waals surface area contributed by atoms with Crippen molar-refractivity contribution in [3.63, 3.8) is 0 Å². The molecule has 0 fully saturated rings. The number of nitrogens with zero attached hydrogens (tertiary/aromatic N) is 2. The Morgan fingerprint density at radius 3 is 2.88 bits per heavy atom. The van der Waals surface area contributed by atoms with Crippen LogP contribution < -0.4 is 15.2 Å². The van der Waals surface area contributed by atoms with Gasteiger partial charge in [0.25, 0.3) is 0 Å². The summed E-state index contributed by atoms with van der Waals surface area (Å²) in [7, 11) is 1.81. The van der Waals surface area contributed by atoms with Gasteiger partial charge in [-0.05, 0) is 12.1 Å². The Morgan fingerprint density at radius 2 is 2.12 bits per heavy atom. The number of fused-ring (bicyclic) bond motifs is 1. The molecule has 0 atom stereocenters. The highest BCUT2D eigenvalue weighted by atomic mass is 16.6. The molecule has 0 aliphatic carbocycles. The highest BCUT2D eigenvalue weighted by molar-refractivity contribution is 5.72. The molecule has 3 rings (SSSR count). The fourth-order valence-corrected chi connectivity index (χ4v) is 1.89. The maximum Gasteiger partial charge on any atom is 0.170 e. The van der Waals surface area contributed by atoms with Crippen molar-refractivity contribution in [1.29, 1.82) is 0 Å². The number of nitrogen functional groups attached to an aromatic ring is 1. The lowest BCUT2D eigenvalue weighted by molar-refractivity contribution is 0.172. The van der Waals surface area contributed by atoms with Crippen LogP contribution in [0.25, 0.3) is 11.3 Å². The van der Waals surface area contributed by atoms with Crippen LogP contribution in [0.5, 0.6) is 11.5 Å². The summed E-state index contributed by atoms with van der Waals surface area (Å²) in [4.78, 5) is 0. The molecule has 17 heavy (non-hydrogen) atoms. The molecule has 0 saturated heterocycles. The van der Waals surface area contributed by atoms with E-state index in [1.54, 1.807) is 4.68 Å². The molecule has 2 heterocycles. The summed E-state index contributed by atoms with van der Waals surface area (Å²) in [5.74, 6) is 2.13. The maximum atomic E-state index is 5.78. The lowest BCUT2D eigenvalue weighted by Crippen LogP contribution is -2.15. The minimum Gasteiger partial charge on any atom is -0.486 e. The van der Waals surface area contributed by atoms with Gasteiger partial charge >= 0.3 is 0 Å². The molecule has 0 bridgehead atoms. The zero-order valence-electron chi connectivity index (χ0n) is 9.51. The first kappa shape index (κ1) is 10.0. The third-order valence-electron chi connectivity index (χ3n) is 2.76. The molecular weight excluding hydrogens is 218 g/mol. The van der Waals surface area contributed by atoms with Crippen molar-refractivity contribution in [3.05, 3.63) is 24.3 Å². The van der Waals surface area contributed by atoms with Crippen LogP contribution in [0.3, 0.4) is 0 Å². The predicted octanol–water partition coefficient (Wildman–Crippen LogP) is 1.44. The summed E-state index contributed by atoms with van der Waals surface area (Å²) < 4.78 is 12.8. The Labute approximate surface area is 98.8 Å². The van der Waals surface area contributed by atoms with Gasteiger partial charge in [0.2, 0.25) is 0 Å². The summed E-state index contributed by atoms with van der Waals surface area (Å²) in [6.07, 6.45) is 0. The van der Waals surface area contributed by atoms with E-state index in [4.69, 9.17) is 15.2 Å². The number of hydrogen-bond acceptors (Lipinski definition) is 4. The highest BCUT2D eigenvalue weighted by Crippen LogP contribution is 2.39. The standard InChI is InChI=1S/C12H13N3O2/c1-15-11(13)7-9(14-15)8-3-2-4-10-12(8)17-6-5-16-10/h2-4,7H,5-6,13H2,1H3. The van der Waals surface area contributed by atoms with Crippen LogP contribution in [0.15, 0.2) is 24.3 Å². The van der Waals surface area contributed by atoms with Crippen LogP contribution in [0, 0.1) is 0 Å². The number of para-hydroxylation sites is 1. The van der Waals surface area contributed by atoms with Crippen molar-refractivity contribution in [1.82, 2.24) is 9.78 Å². The Balaban J connectivity index is 2.14. The number of benzene rings is 1. The van der Waals surface area contributed by atoms with Gasteiger partial charge < -0.3 is 15.2 Å². The van der Waals surface area contributed by atoms with E-state index >= 15 is 0 Å². The minimum atomic E-state index is 0.562. The predicted molar refractivity (Wildman–Crippen MR) is 64.0 cm³/mol. The summed E-state index contributed by atoms with van der Waals surface area (Å²) in [6.45, 7) is 1.15. The van der Waals surface area contributed by atoms with E-state index in [-0.39, 0.29) is 0 Å². The number of aryl methyl sites for hydroxylation is 1. The SMILES string of the molecule is Cn1nc(-c2cccc3c2OCCO3)cc1N. The van der Waals surface area contributed by atoms with Gasteiger partial charge in [-0.2, -0.15) is 5.10 Å². The average molecular weight is 231 g/mol. The number of ether oxygens (including phenoxy) is 2. The number of aromatic nitrogens is 2. The molecule has 0 amide bonds. The average Bonchev–Trinajstić information content (AvgIpc) is 2.69. The monoisotopic (exact) mass is 231 g/mol. The van der Waals surface area contributed by atoms with Crippen molar-refractivity contribution >= 4 is 5.82 Å². The molecule has 0 radical (unpaired) electrons. The molecular formula is C12H13N3O2. The van der Waals surface area contributed by atoms with Crippen LogP contribution in [-0.2, 0) is 7.05 Å². The van der Waals surface area contributed by atoms with E-state index < -0.39 is 0 Å². The molecule has 5 heteroatoms. The lowest BCUT2D eigenvalue weighted by atomic mass is 10.1. The molecule has 1 aromatic carbocycles. The Hall–Kier alpha value is -2.17.